The number of benzene rings is 1. The van der Waals surface area contributed by atoms with Crippen molar-refractivity contribution < 1.29 is 0 Å². The number of nitrogens with one attached hydrogen (secondary N) is 1. The summed E-state index contributed by atoms with van der Waals surface area (Å²) < 4.78 is 0. The highest BCUT2D eigenvalue weighted by atomic mass is 32.1. The van der Waals surface area contributed by atoms with Crippen LogP contribution in [0.4, 0.5) is 0 Å². The third-order valence-electron chi connectivity index (χ3n) is 3.14. The molecular formula is C15H20N2S. The lowest BCUT2D eigenvalue weighted by Crippen LogP contribution is -2.21. The van der Waals surface area contributed by atoms with E-state index in [9.17, 15) is 0 Å². The highest BCUT2D eigenvalue weighted by Gasteiger charge is 2.18. The number of nitrogens with zero attached hydrogens (tertiary/aromatic N) is 1. The summed E-state index contributed by atoms with van der Waals surface area (Å²) in [5, 5.41) is 6.66. The Bertz CT molecular complexity index is 476. The van der Waals surface area contributed by atoms with Crippen LogP contribution in [0.5, 0.6) is 0 Å². The average molecular weight is 260 g/mol. The maximum atomic E-state index is 4.80. The van der Waals surface area contributed by atoms with Crippen molar-refractivity contribution in [3.8, 4) is 11.3 Å². The highest BCUT2D eigenvalue weighted by molar-refractivity contribution is 7.10. The van der Waals surface area contributed by atoms with E-state index in [0.717, 1.165) is 12.2 Å². The van der Waals surface area contributed by atoms with Gasteiger partial charge in [-0.2, -0.15) is 0 Å². The molecule has 1 heterocycles. The molecule has 0 aliphatic carbocycles. The van der Waals surface area contributed by atoms with Crippen LogP contribution in [0.15, 0.2) is 35.7 Å². The molecule has 1 N–H and O–H groups in total. The van der Waals surface area contributed by atoms with E-state index in [1.807, 2.05) is 13.1 Å². The molecule has 3 heteroatoms. The highest BCUT2D eigenvalue weighted by Crippen LogP contribution is 2.30. The molecule has 1 atom stereocenters. The molecule has 96 valence electrons. The van der Waals surface area contributed by atoms with Crippen LogP contribution in [0.3, 0.4) is 0 Å². The van der Waals surface area contributed by atoms with Crippen LogP contribution in [-0.2, 0) is 0 Å². The summed E-state index contributed by atoms with van der Waals surface area (Å²) in [6, 6.07) is 10.4. The van der Waals surface area contributed by atoms with Crippen molar-refractivity contribution in [3.63, 3.8) is 0 Å². The Balaban J connectivity index is 2.24. The van der Waals surface area contributed by atoms with Gasteiger partial charge in [-0.05, 0) is 13.0 Å². The molecule has 0 bridgehead atoms. The Morgan fingerprint density at radius 3 is 2.56 bits per heavy atom. The van der Waals surface area contributed by atoms with Gasteiger partial charge >= 0.3 is 0 Å². The molecule has 1 unspecified atom stereocenters. The van der Waals surface area contributed by atoms with Gasteiger partial charge in [0.25, 0.3) is 0 Å². The summed E-state index contributed by atoms with van der Waals surface area (Å²) in [6.07, 6.45) is 0. The van der Waals surface area contributed by atoms with Crippen LogP contribution in [0.2, 0.25) is 0 Å². The van der Waals surface area contributed by atoms with Crippen LogP contribution >= 0.6 is 11.3 Å². The van der Waals surface area contributed by atoms with Crippen molar-refractivity contribution in [2.75, 3.05) is 13.6 Å². The second-order valence-electron chi connectivity index (χ2n) is 4.85. The van der Waals surface area contributed by atoms with Gasteiger partial charge in [0.1, 0.15) is 0 Å². The molecule has 1 aromatic heterocycles. The zero-order chi connectivity index (χ0) is 13.0. The second-order valence-corrected chi connectivity index (χ2v) is 5.73. The average Bonchev–Trinajstić information content (AvgIpc) is 2.86. The van der Waals surface area contributed by atoms with Crippen molar-refractivity contribution in [1.29, 1.82) is 0 Å². The van der Waals surface area contributed by atoms with Gasteiger partial charge in [0.05, 0.1) is 10.7 Å². The molecule has 0 amide bonds. The lowest BCUT2D eigenvalue weighted by atomic mass is 9.96. The van der Waals surface area contributed by atoms with Crippen molar-refractivity contribution in [2.24, 2.45) is 5.92 Å². The Morgan fingerprint density at radius 2 is 1.94 bits per heavy atom. The molecule has 0 radical (unpaired) electrons. The summed E-state index contributed by atoms with van der Waals surface area (Å²) in [7, 11) is 2.00. The molecule has 0 saturated heterocycles. The molecule has 18 heavy (non-hydrogen) atoms. The SMILES string of the molecule is CNCC(c1nc(-c2ccccc2)cs1)C(C)C. The van der Waals surface area contributed by atoms with Crippen LogP contribution < -0.4 is 5.32 Å². The maximum Gasteiger partial charge on any atom is 0.0978 e. The van der Waals surface area contributed by atoms with Crippen LogP contribution in [0.25, 0.3) is 11.3 Å². The first-order chi connectivity index (χ1) is 8.72. The lowest BCUT2D eigenvalue weighted by Gasteiger charge is -2.17. The summed E-state index contributed by atoms with van der Waals surface area (Å²) >= 11 is 1.77. The van der Waals surface area contributed by atoms with Gasteiger partial charge in [-0.3, -0.25) is 0 Å². The fourth-order valence-corrected chi connectivity index (χ4v) is 3.13. The minimum absolute atomic E-state index is 0.498. The normalized spacial score (nSPS) is 12.9. The van der Waals surface area contributed by atoms with Crippen LogP contribution in [-0.4, -0.2) is 18.6 Å². The monoisotopic (exact) mass is 260 g/mol. The van der Waals surface area contributed by atoms with E-state index in [1.165, 1.54) is 10.6 Å². The Kier molecular flexibility index (Phi) is 4.50. The van der Waals surface area contributed by atoms with E-state index < -0.39 is 0 Å². The molecule has 0 fully saturated rings. The largest absolute Gasteiger partial charge is 0.319 e. The van der Waals surface area contributed by atoms with Gasteiger partial charge in [0.15, 0.2) is 0 Å². The fourth-order valence-electron chi connectivity index (χ4n) is 2.03. The van der Waals surface area contributed by atoms with Crippen molar-refractivity contribution >= 4 is 11.3 Å². The third kappa shape index (κ3) is 2.98. The maximum absolute atomic E-state index is 4.80. The molecule has 0 spiro atoms. The first kappa shape index (κ1) is 13.2. The summed E-state index contributed by atoms with van der Waals surface area (Å²) in [6.45, 7) is 5.50. The summed E-state index contributed by atoms with van der Waals surface area (Å²) in [4.78, 5) is 4.80. The van der Waals surface area contributed by atoms with Crippen molar-refractivity contribution in [1.82, 2.24) is 10.3 Å². The van der Waals surface area contributed by atoms with Gasteiger partial charge < -0.3 is 5.32 Å². The molecule has 0 aliphatic rings. The first-order valence-electron chi connectivity index (χ1n) is 6.37. The number of rotatable bonds is 5. The van der Waals surface area contributed by atoms with E-state index in [2.05, 4.69) is 48.8 Å². The molecular weight excluding hydrogens is 240 g/mol. The Hall–Kier alpha value is -1.19. The molecule has 0 saturated carbocycles. The Morgan fingerprint density at radius 1 is 1.22 bits per heavy atom. The van der Waals surface area contributed by atoms with Crippen LogP contribution in [0.1, 0.15) is 24.8 Å². The van der Waals surface area contributed by atoms with E-state index in [1.54, 1.807) is 11.3 Å². The van der Waals surface area contributed by atoms with E-state index in [0.29, 0.717) is 11.8 Å². The van der Waals surface area contributed by atoms with E-state index >= 15 is 0 Å². The van der Waals surface area contributed by atoms with E-state index in [4.69, 9.17) is 4.98 Å². The van der Waals surface area contributed by atoms with Gasteiger partial charge in [0, 0.05) is 23.4 Å². The minimum atomic E-state index is 0.498. The third-order valence-corrected chi connectivity index (χ3v) is 4.11. The number of hydrogen-bond donors (Lipinski definition) is 1. The molecule has 1 aromatic carbocycles. The van der Waals surface area contributed by atoms with Gasteiger partial charge in [0.2, 0.25) is 0 Å². The lowest BCUT2D eigenvalue weighted by molar-refractivity contribution is 0.477. The zero-order valence-electron chi connectivity index (χ0n) is 11.2. The topological polar surface area (TPSA) is 24.9 Å². The summed E-state index contributed by atoms with van der Waals surface area (Å²) in [5.41, 5.74) is 2.30. The fraction of sp³-hybridized carbons (Fsp3) is 0.400. The Labute approximate surface area is 113 Å². The first-order valence-corrected chi connectivity index (χ1v) is 7.25. The molecule has 2 nitrogen and oxygen atoms in total. The predicted molar refractivity (Wildman–Crippen MR) is 79.1 cm³/mol. The second kappa shape index (κ2) is 6.12. The van der Waals surface area contributed by atoms with E-state index in [-0.39, 0.29) is 0 Å². The minimum Gasteiger partial charge on any atom is -0.319 e. The molecule has 2 rings (SSSR count). The van der Waals surface area contributed by atoms with Gasteiger partial charge in [-0.1, -0.05) is 44.2 Å². The van der Waals surface area contributed by atoms with Crippen LogP contribution in [0, 0.1) is 5.92 Å². The molecule has 0 aliphatic heterocycles. The van der Waals surface area contributed by atoms with Gasteiger partial charge in [-0.15, -0.1) is 11.3 Å². The smallest absolute Gasteiger partial charge is 0.0978 e. The van der Waals surface area contributed by atoms with Crippen molar-refractivity contribution in [3.05, 3.63) is 40.7 Å². The number of thiazole rings is 1. The molecule has 2 aromatic rings. The standard InChI is InChI=1S/C15H20N2S/c1-11(2)13(9-16-3)15-17-14(10-18-15)12-7-5-4-6-8-12/h4-8,10-11,13,16H,9H2,1-3H3. The number of hydrogen-bond acceptors (Lipinski definition) is 3. The van der Waals surface area contributed by atoms with Gasteiger partial charge in [-0.25, -0.2) is 4.98 Å². The quantitative estimate of drug-likeness (QED) is 0.885. The number of likely N-dealkylation sites (N-methyl/N-ethyl adjacent to an activating group) is 1. The number of aromatic nitrogens is 1. The van der Waals surface area contributed by atoms with Crippen molar-refractivity contribution in [2.45, 2.75) is 19.8 Å². The summed E-state index contributed by atoms with van der Waals surface area (Å²) in [5.74, 6) is 1.10. The predicted octanol–water partition coefficient (Wildman–Crippen LogP) is 3.77. The zero-order valence-corrected chi connectivity index (χ0v) is 12.0.